The Labute approximate surface area is 193 Å². The highest BCUT2D eigenvalue weighted by Crippen LogP contribution is 2.36. The zero-order chi connectivity index (χ0) is 23.5. The number of carbonyl (C=O) groups is 2. The van der Waals surface area contributed by atoms with Crippen LogP contribution in [0.4, 0.5) is 5.69 Å². The topological polar surface area (TPSA) is 90.1 Å². The van der Waals surface area contributed by atoms with Gasteiger partial charge in [0.15, 0.2) is 0 Å². The third-order valence-corrected chi connectivity index (χ3v) is 5.86. The SMILES string of the molecule is Cc1[nH]c(/C=C2\C(=O)Nc3cc(-c4cccnc4)ccc32)c(C)c1C(=O)NCCCN(C)C. The minimum absolute atomic E-state index is 0.0953. The number of amides is 2. The Morgan fingerprint density at radius 3 is 2.73 bits per heavy atom. The second-order valence-corrected chi connectivity index (χ2v) is 8.59. The molecule has 3 heterocycles. The molecule has 0 saturated carbocycles. The fourth-order valence-electron chi connectivity index (χ4n) is 4.14. The van der Waals surface area contributed by atoms with Crippen molar-refractivity contribution in [3.63, 3.8) is 0 Å². The number of benzene rings is 1. The Hall–Kier alpha value is -3.71. The molecule has 0 unspecified atom stereocenters. The number of rotatable bonds is 7. The fourth-order valence-corrected chi connectivity index (χ4v) is 4.14. The number of anilines is 1. The summed E-state index contributed by atoms with van der Waals surface area (Å²) in [7, 11) is 4.03. The van der Waals surface area contributed by atoms with Crippen LogP contribution in [-0.2, 0) is 4.79 Å². The van der Waals surface area contributed by atoms with Gasteiger partial charge in [-0.25, -0.2) is 0 Å². The monoisotopic (exact) mass is 443 g/mol. The van der Waals surface area contributed by atoms with Crippen molar-refractivity contribution in [2.24, 2.45) is 0 Å². The van der Waals surface area contributed by atoms with Crippen LogP contribution in [0.5, 0.6) is 0 Å². The van der Waals surface area contributed by atoms with Crippen molar-refractivity contribution in [2.45, 2.75) is 20.3 Å². The minimum atomic E-state index is -0.158. The second-order valence-electron chi connectivity index (χ2n) is 8.59. The van der Waals surface area contributed by atoms with Crippen molar-refractivity contribution in [3.05, 3.63) is 70.8 Å². The van der Waals surface area contributed by atoms with Crippen LogP contribution in [0.1, 0.15) is 39.3 Å². The van der Waals surface area contributed by atoms with Gasteiger partial charge in [-0.2, -0.15) is 0 Å². The van der Waals surface area contributed by atoms with E-state index in [1.165, 1.54) is 0 Å². The Bertz CT molecular complexity index is 1220. The van der Waals surface area contributed by atoms with Gasteiger partial charge in [-0.15, -0.1) is 0 Å². The van der Waals surface area contributed by atoms with Crippen molar-refractivity contribution in [1.82, 2.24) is 20.2 Å². The molecule has 0 radical (unpaired) electrons. The van der Waals surface area contributed by atoms with Gasteiger partial charge in [-0.3, -0.25) is 14.6 Å². The van der Waals surface area contributed by atoms with E-state index in [2.05, 4.69) is 25.5 Å². The Morgan fingerprint density at radius 1 is 1.18 bits per heavy atom. The molecule has 0 bridgehead atoms. The Balaban J connectivity index is 1.58. The van der Waals surface area contributed by atoms with Crippen molar-refractivity contribution in [3.8, 4) is 11.1 Å². The minimum Gasteiger partial charge on any atom is -0.358 e. The first-order chi connectivity index (χ1) is 15.8. The van der Waals surface area contributed by atoms with Gasteiger partial charge in [0.05, 0.1) is 11.1 Å². The molecule has 1 aliphatic heterocycles. The highest BCUT2D eigenvalue weighted by molar-refractivity contribution is 6.35. The smallest absolute Gasteiger partial charge is 0.256 e. The summed E-state index contributed by atoms with van der Waals surface area (Å²) in [6.07, 6.45) is 6.25. The van der Waals surface area contributed by atoms with Crippen LogP contribution in [0.3, 0.4) is 0 Å². The lowest BCUT2D eigenvalue weighted by molar-refractivity contribution is -0.110. The molecule has 7 nitrogen and oxygen atoms in total. The van der Waals surface area contributed by atoms with Gasteiger partial charge in [-0.05, 0) is 70.2 Å². The molecule has 33 heavy (non-hydrogen) atoms. The second kappa shape index (κ2) is 9.42. The predicted octanol–water partition coefficient (Wildman–Crippen LogP) is 3.87. The van der Waals surface area contributed by atoms with Crippen LogP contribution < -0.4 is 10.6 Å². The van der Waals surface area contributed by atoms with E-state index >= 15 is 0 Å². The molecule has 1 aliphatic rings. The van der Waals surface area contributed by atoms with E-state index in [0.29, 0.717) is 17.7 Å². The van der Waals surface area contributed by atoms with E-state index in [0.717, 1.165) is 52.3 Å². The number of nitrogens with zero attached hydrogens (tertiary/aromatic N) is 2. The van der Waals surface area contributed by atoms with Crippen LogP contribution in [0.15, 0.2) is 42.7 Å². The quantitative estimate of drug-likeness (QED) is 0.382. The Kier molecular flexibility index (Phi) is 6.42. The molecule has 0 aliphatic carbocycles. The molecule has 3 aromatic rings. The van der Waals surface area contributed by atoms with Gasteiger partial charge in [0.2, 0.25) is 0 Å². The van der Waals surface area contributed by atoms with E-state index in [-0.39, 0.29) is 11.8 Å². The molecule has 0 spiro atoms. The van der Waals surface area contributed by atoms with Crippen molar-refractivity contribution >= 4 is 29.2 Å². The van der Waals surface area contributed by atoms with E-state index in [4.69, 9.17) is 0 Å². The largest absolute Gasteiger partial charge is 0.358 e. The number of nitrogens with one attached hydrogen (secondary N) is 3. The first kappa shape index (κ1) is 22.5. The number of carbonyl (C=O) groups excluding carboxylic acids is 2. The Morgan fingerprint density at radius 2 is 2.00 bits per heavy atom. The van der Waals surface area contributed by atoms with E-state index in [1.807, 2.05) is 64.4 Å². The first-order valence-electron chi connectivity index (χ1n) is 11.0. The van der Waals surface area contributed by atoms with Gasteiger partial charge >= 0.3 is 0 Å². The average molecular weight is 444 g/mol. The standard InChI is InChI=1S/C26H29N5O2/c1-16-22(29-17(2)24(16)26(33)28-11-6-12-31(3)4)14-21-20-9-8-18(13-23(20)30-25(21)32)19-7-5-10-27-15-19/h5,7-10,13-15,29H,6,11-12H2,1-4H3,(H,28,33)(H,30,32)/b21-14-. The molecular weight excluding hydrogens is 414 g/mol. The molecule has 0 atom stereocenters. The molecule has 7 heteroatoms. The van der Waals surface area contributed by atoms with Gasteiger partial charge in [0, 0.05) is 47.1 Å². The van der Waals surface area contributed by atoms with E-state index in [9.17, 15) is 9.59 Å². The zero-order valence-corrected chi connectivity index (χ0v) is 19.5. The first-order valence-corrected chi connectivity index (χ1v) is 11.0. The molecule has 1 aromatic carbocycles. The normalized spacial score (nSPS) is 14.0. The molecule has 0 fully saturated rings. The van der Waals surface area contributed by atoms with Crippen LogP contribution >= 0.6 is 0 Å². The average Bonchev–Trinajstić information content (AvgIpc) is 3.26. The lowest BCUT2D eigenvalue weighted by atomic mass is 10.00. The summed E-state index contributed by atoms with van der Waals surface area (Å²) < 4.78 is 0. The number of hydrogen-bond acceptors (Lipinski definition) is 4. The lowest BCUT2D eigenvalue weighted by Gasteiger charge is -2.10. The van der Waals surface area contributed by atoms with Gasteiger partial charge < -0.3 is 20.5 Å². The summed E-state index contributed by atoms with van der Waals surface area (Å²) in [4.78, 5) is 35.1. The summed E-state index contributed by atoms with van der Waals surface area (Å²) in [5.41, 5.74) is 7.19. The molecule has 0 saturated heterocycles. The predicted molar refractivity (Wildman–Crippen MR) is 132 cm³/mol. The number of aryl methyl sites for hydroxylation is 1. The van der Waals surface area contributed by atoms with Gasteiger partial charge in [-0.1, -0.05) is 18.2 Å². The highest BCUT2D eigenvalue weighted by Gasteiger charge is 2.26. The number of aromatic nitrogens is 2. The van der Waals surface area contributed by atoms with Crippen molar-refractivity contribution in [1.29, 1.82) is 0 Å². The molecule has 170 valence electrons. The third-order valence-electron chi connectivity index (χ3n) is 5.86. The van der Waals surface area contributed by atoms with Crippen LogP contribution in [-0.4, -0.2) is 53.9 Å². The molecule has 2 aromatic heterocycles. The molecule has 4 rings (SSSR count). The highest BCUT2D eigenvalue weighted by atomic mass is 16.2. The fraction of sp³-hybridized carbons (Fsp3) is 0.269. The maximum Gasteiger partial charge on any atom is 0.256 e. The molecule has 3 N–H and O–H groups in total. The van der Waals surface area contributed by atoms with Crippen LogP contribution in [0.2, 0.25) is 0 Å². The van der Waals surface area contributed by atoms with Crippen molar-refractivity contribution < 1.29 is 9.59 Å². The summed E-state index contributed by atoms with van der Waals surface area (Å²) in [6, 6.07) is 9.78. The van der Waals surface area contributed by atoms with Crippen molar-refractivity contribution in [2.75, 3.05) is 32.5 Å². The van der Waals surface area contributed by atoms with Crippen LogP contribution in [0.25, 0.3) is 22.8 Å². The maximum absolute atomic E-state index is 12.8. The molecular formula is C26H29N5O2. The number of hydrogen-bond donors (Lipinski definition) is 3. The number of aromatic amines is 1. The number of H-pyrrole nitrogens is 1. The van der Waals surface area contributed by atoms with Crippen LogP contribution in [0, 0.1) is 13.8 Å². The van der Waals surface area contributed by atoms with E-state index in [1.54, 1.807) is 12.4 Å². The van der Waals surface area contributed by atoms with E-state index < -0.39 is 0 Å². The number of fused-ring (bicyclic) bond motifs is 1. The maximum atomic E-state index is 12.8. The van der Waals surface area contributed by atoms with Gasteiger partial charge in [0.25, 0.3) is 11.8 Å². The molecule has 2 amide bonds. The summed E-state index contributed by atoms with van der Waals surface area (Å²) >= 11 is 0. The summed E-state index contributed by atoms with van der Waals surface area (Å²) in [5, 5.41) is 5.96. The number of pyridine rings is 1. The summed E-state index contributed by atoms with van der Waals surface area (Å²) in [5.74, 6) is -0.253. The zero-order valence-electron chi connectivity index (χ0n) is 19.5. The summed E-state index contributed by atoms with van der Waals surface area (Å²) in [6.45, 7) is 5.32. The third kappa shape index (κ3) is 4.73. The lowest BCUT2D eigenvalue weighted by Crippen LogP contribution is -2.27. The van der Waals surface area contributed by atoms with Gasteiger partial charge in [0.1, 0.15) is 0 Å².